The molecule has 3 heteroatoms. The highest BCUT2D eigenvalue weighted by Crippen LogP contribution is 2.01. The first-order valence-corrected chi connectivity index (χ1v) is 5.68. The minimum Gasteiger partial charge on any atom is -0.399 e. The van der Waals surface area contributed by atoms with Crippen molar-refractivity contribution < 1.29 is 0 Å². The van der Waals surface area contributed by atoms with E-state index in [0.29, 0.717) is 5.82 Å². The Morgan fingerprint density at radius 1 is 0.882 bits per heavy atom. The maximum atomic E-state index is 5.41. The van der Waals surface area contributed by atoms with Gasteiger partial charge in [0.1, 0.15) is 5.82 Å². The monoisotopic (exact) mass is 231 g/mol. The zero-order valence-corrected chi connectivity index (χ0v) is 10.7. The molecular formula is C14H21N3. The quantitative estimate of drug-likeness (QED) is 0.684. The first kappa shape index (κ1) is 15.0. The smallest absolute Gasteiger partial charge is 0.126 e. The van der Waals surface area contributed by atoms with Gasteiger partial charge in [-0.3, -0.25) is 0 Å². The van der Waals surface area contributed by atoms with E-state index >= 15 is 0 Å². The van der Waals surface area contributed by atoms with Gasteiger partial charge in [-0.1, -0.05) is 38.1 Å². The summed E-state index contributed by atoms with van der Waals surface area (Å²) in [7, 11) is 0. The van der Waals surface area contributed by atoms with Gasteiger partial charge in [0.15, 0.2) is 0 Å². The van der Waals surface area contributed by atoms with Crippen LogP contribution in [0.2, 0.25) is 0 Å². The van der Waals surface area contributed by atoms with Crippen LogP contribution in [-0.2, 0) is 0 Å². The van der Waals surface area contributed by atoms with Crippen molar-refractivity contribution in [2.45, 2.75) is 20.8 Å². The van der Waals surface area contributed by atoms with Crippen LogP contribution in [0.15, 0.2) is 48.7 Å². The Bertz CT molecular complexity index is 378. The highest BCUT2D eigenvalue weighted by Gasteiger charge is 1.86. The summed E-state index contributed by atoms with van der Waals surface area (Å²) < 4.78 is 0. The van der Waals surface area contributed by atoms with Crippen molar-refractivity contribution in [3.63, 3.8) is 0 Å². The van der Waals surface area contributed by atoms with Crippen LogP contribution in [0.5, 0.6) is 0 Å². The predicted molar refractivity (Wildman–Crippen MR) is 75.6 cm³/mol. The second kappa shape index (κ2) is 9.21. The SMILES string of the molecule is CC.Cc1cccnc1N.Nc1ccccc1. The molecule has 0 saturated carbocycles. The largest absolute Gasteiger partial charge is 0.399 e. The summed E-state index contributed by atoms with van der Waals surface area (Å²) in [4.78, 5) is 3.86. The molecule has 0 amide bonds. The fraction of sp³-hybridized carbons (Fsp3) is 0.214. The number of anilines is 2. The zero-order valence-electron chi connectivity index (χ0n) is 10.7. The van der Waals surface area contributed by atoms with Crippen LogP contribution in [0.3, 0.4) is 0 Å². The Morgan fingerprint density at radius 2 is 1.47 bits per heavy atom. The Balaban J connectivity index is 0.000000265. The van der Waals surface area contributed by atoms with Crippen LogP contribution in [0.4, 0.5) is 11.5 Å². The molecular weight excluding hydrogens is 210 g/mol. The third-order valence-corrected chi connectivity index (χ3v) is 1.85. The molecule has 17 heavy (non-hydrogen) atoms. The summed E-state index contributed by atoms with van der Waals surface area (Å²) in [5.74, 6) is 0.618. The average molecular weight is 231 g/mol. The Hall–Kier alpha value is -2.03. The molecule has 1 heterocycles. The van der Waals surface area contributed by atoms with E-state index in [0.717, 1.165) is 11.3 Å². The Labute approximate surface area is 103 Å². The molecule has 3 nitrogen and oxygen atoms in total. The van der Waals surface area contributed by atoms with Gasteiger partial charge >= 0.3 is 0 Å². The molecule has 0 aliphatic carbocycles. The Kier molecular flexibility index (Phi) is 8.11. The molecule has 0 bridgehead atoms. The molecule has 0 spiro atoms. The summed E-state index contributed by atoms with van der Waals surface area (Å²) in [5, 5.41) is 0. The zero-order chi connectivity index (χ0) is 13.1. The highest BCUT2D eigenvalue weighted by molar-refractivity contribution is 5.36. The molecule has 0 aliphatic heterocycles. The summed E-state index contributed by atoms with van der Waals surface area (Å²) in [6.07, 6.45) is 1.68. The van der Waals surface area contributed by atoms with E-state index in [1.165, 1.54) is 0 Å². The van der Waals surface area contributed by atoms with Crippen molar-refractivity contribution in [1.82, 2.24) is 4.98 Å². The number of aromatic nitrogens is 1. The minimum absolute atomic E-state index is 0.618. The lowest BCUT2D eigenvalue weighted by atomic mass is 10.3. The molecule has 2 aromatic rings. The Morgan fingerprint density at radius 3 is 1.76 bits per heavy atom. The molecule has 2 rings (SSSR count). The molecule has 0 atom stereocenters. The molecule has 0 radical (unpaired) electrons. The van der Waals surface area contributed by atoms with Crippen LogP contribution >= 0.6 is 0 Å². The van der Waals surface area contributed by atoms with Crippen molar-refractivity contribution in [2.24, 2.45) is 0 Å². The van der Waals surface area contributed by atoms with Crippen molar-refractivity contribution in [1.29, 1.82) is 0 Å². The summed E-state index contributed by atoms with van der Waals surface area (Å²) in [5.41, 5.74) is 12.6. The molecule has 0 aliphatic rings. The lowest BCUT2D eigenvalue weighted by Crippen LogP contribution is -1.90. The van der Waals surface area contributed by atoms with Gasteiger partial charge in [0.05, 0.1) is 0 Å². The van der Waals surface area contributed by atoms with E-state index in [9.17, 15) is 0 Å². The van der Waals surface area contributed by atoms with E-state index < -0.39 is 0 Å². The number of nitrogens with two attached hydrogens (primary N) is 2. The summed E-state index contributed by atoms with van der Waals surface area (Å²) in [6, 6.07) is 13.3. The third-order valence-electron chi connectivity index (χ3n) is 1.85. The third kappa shape index (κ3) is 6.95. The van der Waals surface area contributed by atoms with Gasteiger partial charge in [-0.25, -0.2) is 4.98 Å². The fourth-order valence-corrected chi connectivity index (χ4v) is 0.951. The van der Waals surface area contributed by atoms with E-state index in [4.69, 9.17) is 11.5 Å². The van der Waals surface area contributed by atoms with E-state index in [1.807, 2.05) is 63.2 Å². The number of benzene rings is 1. The topological polar surface area (TPSA) is 64.9 Å². The second-order valence-corrected chi connectivity index (χ2v) is 3.12. The van der Waals surface area contributed by atoms with Gasteiger partial charge in [-0.2, -0.15) is 0 Å². The van der Waals surface area contributed by atoms with Crippen LogP contribution in [0.25, 0.3) is 0 Å². The van der Waals surface area contributed by atoms with Gasteiger partial charge in [-0.05, 0) is 30.7 Å². The predicted octanol–water partition coefficient (Wildman–Crippen LogP) is 3.27. The first-order chi connectivity index (χ1) is 8.20. The normalized spacial score (nSPS) is 8.18. The van der Waals surface area contributed by atoms with E-state index in [2.05, 4.69) is 4.98 Å². The minimum atomic E-state index is 0.618. The molecule has 0 unspecified atom stereocenters. The maximum Gasteiger partial charge on any atom is 0.126 e. The van der Waals surface area contributed by atoms with E-state index in [-0.39, 0.29) is 0 Å². The molecule has 0 fully saturated rings. The number of rotatable bonds is 0. The van der Waals surface area contributed by atoms with Crippen LogP contribution in [-0.4, -0.2) is 4.98 Å². The van der Waals surface area contributed by atoms with Crippen molar-refractivity contribution >= 4 is 11.5 Å². The van der Waals surface area contributed by atoms with Crippen LogP contribution in [0.1, 0.15) is 19.4 Å². The van der Waals surface area contributed by atoms with Gasteiger partial charge < -0.3 is 11.5 Å². The number of hydrogen-bond acceptors (Lipinski definition) is 3. The number of aryl methyl sites for hydroxylation is 1. The second-order valence-electron chi connectivity index (χ2n) is 3.12. The average Bonchev–Trinajstić information content (AvgIpc) is 2.37. The van der Waals surface area contributed by atoms with Gasteiger partial charge in [0, 0.05) is 11.9 Å². The molecule has 92 valence electrons. The molecule has 1 aromatic carbocycles. The lowest BCUT2D eigenvalue weighted by molar-refractivity contribution is 1.28. The number of pyridine rings is 1. The first-order valence-electron chi connectivity index (χ1n) is 5.68. The number of hydrogen-bond donors (Lipinski definition) is 2. The number of nitrogens with zero attached hydrogens (tertiary/aromatic N) is 1. The molecule has 0 saturated heterocycles. The van der Waals surface area contributed by atoms with Gasteiger partial charge in [0.2, 0.25) is 0 Å². The van der Waals surface area contributed by atoms with E-state index in [1.54, 1.807) is 6.20 Å². The standard InChI is InChI=1S/C6H8N2.C6H7N.C2H6/c1-5-3-2-4-8-6(5)7;7-6-4-2-1-3-5-6;1-2/h2-4H,1H3,(H2,7,8);1-5H,7H2;1-2H3. The molecule has 4 N–H and O–H groups in total. The van der Waals surface area contributed by atoms with Gasteiger partial charge in [-0.15, -0.1) is 0 Å². The van der Waals surface area contributed by atoms with Crippen molar-refractivity contribution in [3.05, 3.63) is 54.2 Å². The van der Waals surface area contributed by atoms with Crippen LogP contribution in [0, 0.1) is 6.92 Å². The number of para-hydroxylation sites is 1. The van der Waals surface area contributed by atoms with Crippen molar-refractivity contribution in [2.75, 3.05) is 11.5 Å². The van der Waals surface area contributed by atoms with Crippen LogP contribution < -0.4 is 11.5 Å². The summed E-state index contributed by atoms with van der Waals surface area (Å²) >= 11 is 0. The fourth-order valence-electron chi connectivity index (χ4n) is 0.951. The highest BCUT2D eigenvalue weighted by atomic mass is 14.8. The maximum absolute atomic E-state index is 5.41. The van der Waals surface area contributed by atoms with Gasteiger partial charge in [0.25, 0.3) is 0 Å². The summed E-state index contributed by atoms with van der Waals surface area (Å²) in [6.45, 7) is 5.93. The molecule has 1 aromatic heterocycles. The van der Waals surface area contributed by atoms with Crippen molar-refractivity contribution in [3.8, 4) is 0 Å². The lowest BCUT2D eigenvalue weighted by Gasteiger charge is -1.92. The number of nitrogen functional groups attached to an aromatic ring is 2.